The van der Waals surface area contributed by atoms with Gasteiger partial charge in [-0.2, -0.15) is 0 Å². The molecule has 0 radical (unpaired) electrons. The Kier molecular flexibility index (Phi) is 1.75. The van der Waals surface area contributed by atoms with Crippen LogP contribution in [0.1, 0.15) is 19.8 Å². The van der Waals surface area contributed by atoms with Crippen molar-refractivity contribution in [1.82, 2.24) is 10.4 Å². The molecule has 1 saturated carbocycles. The summed E-state index contributed by atoms with van der Waals surface area (Å²) < 4.78 is 0. The lowest BCUT2D eigenvalue weighted by Crippen LogP contribution is -2.44. The summed E-state index contributed by atoms with van der Waals surface area (Å²) in [6.07, 6.45) is 2.38. The average Bonchev–Trinajstić information content (AvgIpc) is 2.52. The van der Waals surface area contributed by atoms with Gasteiger partial charge in [0.05, 0.1) is 0 Å². The monoisotopic (exact) mass is 130 g/mol. The van der Waals surface area contributed by atoms with E-state index < -0.39 is 0 Å². The van der Waals surface area contributed by atoms with Crippen LogP contribution in [0.5, 0.6) is 0 Å². The largest absolute Gasteiger partial charge is 0.380 e. The zero-order chi connectivity index (χ0) is 6.91. The first-order valence-electron chi connectivity index (χ1n) is 3.29. The molecule has 0 bridgehead atoms. The lowest BCUT2D eigenvalue weighted by atomic mass is 10.3. The number of aliphatic hydroxyl groups is 1. The first-order chi connectivity index (χ1) is 4.23. The van der Waals surface area contributed by atoms with Crippen molar-refractivity contribution in [1.29, 1.82) is 0 Å². The zero-order valence-corrected chi connectivity index (χ0v) is 6.02. The smallest absolute Gasteiger partial charge is 0.109 e. The van der Waals surface area contributed by atoms with Crippen LogP contribution in [-0.4, -0.2) is 29.4 Å². The summed E-state index contributed by atoms with van der Waals surface area (Å²) in [7, 11) is 1.83. The molecular weight excluding hydrogens is 116 g/mol. The van der Waals surface area contributed by atoms with Crippen LogP contribution in [0.15, 0.2) is 0 Å². The molecule has 0 saturated heterocycles. The summed E-state index contributed by atoms with van der Waals surface area (Å²) in [5, 5.41) is 10.6. The fraction of sp³-hybridized carbons (Fsp3) is 1.00. The van der Waals surface area contributed by atoms with E-state index in [0.29, 0.717) is 0 Å². The quantitative estimate of drug-likeness (QED) is 0.414. The Labute approximate surface area is 55.6 Å². The molecule has 0 aromatic carbocycles. The van der Waals surface area contributed by atoms with Gasteiger partial charge in [-0.05, 0) is 26.8 Å². The summed E-state index contributed by atoms with van der Waals surface area (Å²) in [4.78, 5) is 0. The maximum Gasteiger partial charge on any atom is 0.109 e. The predicted molar refractivity (Wildman–Crippen MR) is 35.6 cm³/mol. The highest BCUT2D eigenvalue weighted by Crippen LogP contribution is 2.39. The molecule has 2 N–H and O–H groups in total. The van der Waals surface area contributed by atoms with Crippen LogP contribution < -0.4 is 5.43 Å². The van der Waals surface area contributed by atoms with E-state index in [9.17, 15) is 0 Å². The molecule has 3 heteroatoms. The Morgan fingerprint density at radius 1 is 1.67 bits per heavy atom. The number of hydrogen-bond acceptors (Lipinski definition) is 3. The van der Waals surface area contributed by atoms with E-state index in [0.717, 1.165) is 0 Å². The number of hydrogen-bond donors (Lipinski definition) is 2. The van der Waals surface area contributed by atoms with Crippen molar-refractivity contribution in [3.05, 3.63) is 0 Å². The lowest BCUT2D eigenvalue weighted by molar-refractivity contribution is 0.0249. The van der Waals surface area contributed by atoms with Crippen LogP contribution in [0.3, 0.4) is 0 Å². The lowest BCUT2D eigenvalue weighted by Gasteiger charge is -2.24. The fourth-order valence-electron chi connectivity index (χ4n) is 0.962. The van der Waals surface area contributed by atoms with E-state index in [2.05, 4.69) is 12.3 Å². The number of aliphatic hydroxyl groups excluding tert-OH is 1. The molecule has 0 spiro atoms. The van der Waals surface area contributed by atoms with E-state index >= 15 is 0 Å². The summed E-state index contributed by atoms with van der Waals surface area (Å²) in [6, 6.07) is 0. The molecular formula is C6H14N2O. The van der Waals surface area contributed by atoms with Crippen molar-refractivity contribution in [2.75, 3.05) is 13.8 Å². The minimum Gasteiger partial charge on any atom is -0.380 e. The summed E-state index contributed by atoms with van der Waals surface area (Å²) in [5.41, 5.74) is 3.18. The van der Waals surface area contributed by atoms with Crippen LogP contribution >= 0.6 is 0 Å². The minimum absolute atomic E-state index is 0.104. The van der Waals surface area contributed by atoms with Crippen LogP contribution in [0.4, 0.5) is 0 Å². The van der Waals surface area contributed by atoms with Gasteiger partial charge in [0.2, 0.25) is 0 Å². The molecule has 3 nitrogen and oxygen atoms in total. The summed E-state index contributed by atoms with van der Waals surface area (Å²) in [6.45, 7) is 2.24. The van der Waals surface area contributed by atoms with Crippen molar-refractivity contribution in [3.63, 3.8) is 0 Å². The average molecular weight is 130 g/mol. The van der Waals surface area contributed by atoms with Crippen LogP contribution in [0, 0.1) is 0 Å². The van der Waals surface area contributed by atoms with Gasteiger partial charge in [0.15, 0.2) is 0 Å². The molecule has 0 atom stereocenters. The van der Waals surface area contributed by atoms with Crippen LogP contribution in [-0.2, 0) is 0 Å². The highest BCUT2D eigenvalue weighted by molar-refractivity contribution is 4.97. The maximum absolute atomic E-state index is 8.77. The SMILES string of the molecule is CNN(CO)C1(C)CC1. The van der Waals surface area contributed by atoms with Crippen molar-refractivity contribution in [3.8, 4) is 0 Å². The van der Waals surface area contributed by atoms with Gasteiger partial charge >= 0.3 is 0 Å². The van der Waals surface area contributed by atoms with E-state index in [4.69, 9.17) is 5.11 Å². The topological polar surface area (TPSA) is 35.5 Å². The molecule has 1 aliphatic rings. The van der Waals surface area contributed by atoms with Crippen molar-refractivity contribution in [2.45, 2.75) is 25.3 Å². The summed E-state index contributed by atoms with van der Waals surface area (Å²) >= 11 is 0. The Morgan fingerprint density at radius 2 is 2.22 bits per heavy atom. The molecule has 1 rings (SSSR count). The highest BCUT2D eigenvalue weighted by atomic mass is 16.3. The molecule has 0 amide bonds. The fourth-order valence-corrected chi connectivity index (χ4v) is 0.962. The number of nitrogens with one attached hydrogen (secondary N) is 1. The molecule has 0 aromatic rings. The molecule has 1 aliphatic carbocycles. The Morgan fingerprint density at radius 3 is 2.33 bits per heavy atom. The third-order valence-electron chi connectivity index (χ3n) is 2.04. The number of hydrazine groups is 1. The first kappa shape index (κ1) is 6.99. The third-order valence-corrected chi connectivity index (χ3v) is 2.04. The van der Waals surface area contributed by atoms with Crippen molar-refractivity contribution < 1.29 is 5.11 Å². The van der Waals surface area contributed by atoms with Gasteiger partial charge < -0.3 is 5.11 Å². The Balaban J connectivity index is 2.37. The van der Waals surface area contributed by atoms with Gasteiger partial charge in [-0.25, -0.2) is 5.01 Å². The van der Waals surface area contributed by atoms with E-state index in [-0.39, 0.29) is 12.3 Å². The van der Waals surface area contributed by atoms with Gasteiger partial charge in [0.25, 0.3) is 0 Å². The van der Waals surface area contributed by atoms with Gasteiger partial charge in [0, 0.05) is 5.54 Å². The maximum atomic E-state index is 8.77. The minimum atomic E-state index is 0.104. The second kappa shape index (κ2) is 2.25. The molecule has 1 fully saturated rings. The van der Waals surface area contributed by atoms with Gasteiger partial charge in [0.1, 0.15) is 6.73 Å². The molecule has 0 aromatic heterocycles. The predicted octanol–water partition coefficient (Wildman–Crippen LogP) is -0.0749. The summed E-state index contributed by atoms with van der Waals surface area (Å²) in [5.74, 6) is 0. The Bertz CT molecular complexity index is 97.2. The van der Waals surface area contributed by atoms with E-state index in [1.165, 1.54) is 12.8 Å². The second-order valence-electron chi connectivity index (χ2n) is 2.79. The third kappa shape index (κ3) is 1.23. The molecule has 9 heavy (non-hydrogen) atoms. The van der Waals surface area contributed by atoms with Crippen LogP contribution in [0.25, 0.3) is 0 Å². The van der Waals surface area contributed by atoms with E-state index in [1.54, 1.807) is 0 Å². The van der Waals surface area contributed by atoms with Gasteiger partial charge in [-0.1, -0.05) is 0 Å². The van der Waals surface area contributed by atoms with Gasteiger partial charge in [-0.15, -0.1) is 0 Å². The second-order valence-corrected chi connectivity index (χ2v) is 2.79. The van der Waals surface area contributed by atoms with Crippen LogP contribution in [0.2, 0.25) is 0 Å². The standard InChI is InChI=1S/C6H14N2O/c1-6(3-4-6)8(5-9)7-2/h7,9H,3-5H2,1-2H3. The molecule has 0 unspecified atom stereocenters. The first-order valence-corrected chi connectivity index (χ1v) is 3.29. The zero-order valence-electron chi connectivity index (χ0n) is 6.02. The van der Waals surface area contributed by atoms with Crippen molar-refractivity contribution >= 4 is 0 Å². The van der Waals surface area contributed by atoms with Gasteiger partial charge in [-0.3, -0.25) is 5.43 Å². The van der Waals surface area contributed by atoms with E-state index in [1.807, 2.05) is 12.1 Å². The normalized spacial score (nSPS) is 22.7. The number of nitrogens with zero attached hydrogens (tertiary/aromatic N) is 1. The Hall–Kier alpha value is -0.120. The molecule has 0 aliphatic heterocycles. The highest BCUT2D eigenvalue weighted by Gasteiger charge is 2.42. The number of rotatable bonds is 3. The van der Waals surface area contributed by atoms with Crippen molar-refractivity contribution in [2.24, 2.45) is 0 Å². The molecule has 0 heterocycles. The molecule has 54 valence electrons.